The Morgan fingerprint density at radius 1 is 1.29 bits per heavy atom. The summed E-state index contributed by atoms with van der Waals surface area (Å²) in [6.07, 6.45) is -0.0957. The Labute approximate surface area is 122 Å². The van der Waals surface area contributed by atoms with Crippen molar-refractivity contribution < 1.29 is 17.9 Å². The molecule has 5 heteroatoms. The van der Waals surface area contributed by atoms with E-state index in [4.69, 9.17) is 4.74 Å². The Morgan fingerprint density at radius 2 is 2.00 bits per heavy atom. The molecule has 2 aliphatic carbocycles. The summed E-state index contributed by atoms with van der Waals surface area (Å²) in [5.74, 6) is 0. The molecule has 0 amide bonds. The Morgan fingerprint density at radius 3 is 2.57 bits per heavy atom. The van der Waals surface area contributed by atoms with Crippen molar-refractivity contribution in [2.24, 2.45) is 5.41 Å². The number of rotatable bonds is 4. The first kappa shape index (κ1) is 14.7. The van der Waals surface area contributed by atoms with Gasteiger partial charge in [0.15, 0.2) is 0 Å². The fraction of sp³-hybridized carbons (Fsp3) is 0.625. The van der Waals surface area contributed by atoms with Crippen LogP contribution in [0.15, 0.2) is 24.3 Å². The van der Waals surface area contributed by atoms with Gasteiger partial charge in [-0.1, -0.05) is 18.6 Å². The quantitative estimate of drug-likeness (QED) is 0.886. The molecule has 0 heterocycles. The van der Waals surface area contributed by atoms with Crippen LogP contribution in [0.1, 0.15) is 38.2 Å². The van der Waals surface area contributed by atoms with Crippen LogP contribution in [0, 0.1) is 5.41 Å². The summed E-state index contributed by atoms with van der Waals surface area (Å²) in [6, 6.07) is 5.81. The monoisotopic (exact) mass is 299 g/mol. The molecule has 1 N–H and O–H groups in total. The number of hydrogen-bond donors (Lipinski definition) is 1. The zero-order valence-electron chi connectivity index (χ0n) is 12.0. The van der Waals surface area contributed by atoms with Gasteiger partial charge in [-0.25, -0.2) is 0 Å². The predicted molar refractivity (Wildman–Crippen MR) is 75.2 cm³/mol. The molecule has 0 saturated heterocycles. The second-order valence-corrected chi connectivity index (χ2v) is 6.01. The van der Waals surface area contributed by atoms with Crippen LogP contribution in [0.25, 0.3) is 0 Å². The van der Waals surface area contributed by atoms with E-state index >= 15 is 0 Å². The van der Waals surface area contributed by atoms with Gasteiger partial charge in [-0.05, 0) is 38.3 Å². The van der Waals surface area contributed by atoms with Gasteiger partial charge in [0.2, 0.25) is 0 Å². The zero-order valence-corrected chi connectivity index (χ0v) is 12.0. The third-order valence-electron chi connectivity index (χ3n) is 5.00. The van der Waals surface area contributed by atoms with Gasteiger partial charge < -0.3 is 10.1 Å². The van der Waals surface area contributed by atoms with Crippen molar-refractivity contribution in [1.82, 2.24) is 0 Å². The van der Waals surface area contributed by atoms with E-state index in [-0.39, 0.29) is 23.2 Å². The second-order valence-electron chi connectivity index (χ2n) is 6.01. The summed E-state index contributed by atoms with van der Waals surface area (Å²) in [4.78, 5) is 0. The molecule has 0 aliphatic heterocycles. The largest absolute Gasteiger partial charge is 0.418 e. The fourth-order valence-electron chi connectivity index (χ4n) is 3.68. The van der Waals surface area contributed by atoms with Gasteiger partial charge in [-0.3, -0.25) is 0 Å². The molecule has 0 bridgehead atoms. The summed E-state index contributed by atoms with van der Waals surface area (Å²) >= 11 is 0. The van der Waals surface area contributed by atoms with Crippen LogP contribution in [0.3, 0.4) is 0 Å². The minimum atomic E-state index is -4.32. The molecule has 1 spiro atoms. The van der Waals surface area contributed by atoms with E-state index in [1.54, 1.807) is 6.07 Å². The van der Waals surface area contributed by atoms with Crippen molar-refractivity contribution in [2.75, 3.05) is 11.9 Å². The van der Waals surface area contributed by atoms with Gasteiger partial charge >= 0.3 is 6.18 Å². The molecule has 0 aromatic heterocycles. The van der Waals surface area contributed by atoms with E-state index in [0.29, 0.717) is 6.61 Å². The van der Waals surface area contributed by atoms with E-state index in [2.05, 4.69) is 5.32 Å². The summed E-state index contributed by atoms with van der Waals surface area (Å²) in [5.41, 5.74) is -0.343. The Balaban J connectivity index is 1.77. The highest BCUT2D eigenvalue weighted by atomic mass is 19.4. The summed E-state index contributed by atoms with van der Waals surface area (Å²) in [5, 5.41) is 3.13. The molecule has 116 valence electrons. The summed E-state index contributed by atoms with van der Waals surface area (Å²) < 4.78 is 44.9. The van der Waals surface area contributed by atoms with Gasteiger partial charge in [0, 0.05) is 23.8 Å². The molecular weight excluding hydrogens is 279 g/mol. The molecule has 2 nitrogen and oxygen atoms in total. The van der Waals surface area contributed by atoms with Crippen molar-refractivity contribution in [1.29, 1.82) is 0 Å². The number of hydrogen-bond acceptors (Lipinski definition) is 2. The molecule has 1 aromatic rings. The van der Waals surface area contributed by atoms with Crippen LogP contribution in [-0.4, -0.2) is 18.8 Å². The number of alkyl halides is 3. The highest BCUT2D eigenvalue weighted by Gasteiger charge is 2.59. The van der Waals surface area contributed by atoms with Crippen molar-refractivity contribution in [3.05, 3.63) is 29.8 Å². The van der Waals surface area contributed by atoms with Crippen LogP contribution in [-0.2, 0) is 10.9 Å². The van der Waals surface area contributed by atoms with Crippen LogP contribution >= 0.6 is 0 Å². The third kappa shape index (κ3) is 2.41. The fourth-order valence-corrected chi connectivity index (χ4v) is 3.68. The lowest BCUT2D eigenvalue weighted by Gasteiger charge is -2.61. The molecule has 2 aliphatic rings. The Kier molecular flexibility index (Phi) is 3.64. The SMILES string of the molecule is CCOC1CC(Nc2ccccc2C(F)(F)F)C12CCC2. The molecule has 2 saturated carbocycles. The topological polar surface area (TPSA) is 21.3 Å². The lowest BCUT2D eigenvalue weighted by atomic mass is 9.51. The number of benzene rings is 1. The van der Waals surface area contributed by atoms with Crippen molar-refractivity contribution in [3.8, 4) is 0 Å². The first-order chi connectivity index (χ1) is 9.97. The maximum Gasteiger partial charge on any atom is 0.418 e. The van der Waals surface area contributed by atoms with E-state index in [1.165, 1.54) is 12.1 Å². The van der Waals surface area contributed by atoms with Crippen LogP contribution in [0.5, 0.6) is 0 Å². The first-order valence-electron chi connectivity index (χ1n) is 7.52. The van der Waals surface area contributed by atoms with Crippen molar-refractivity contribution >= 4 is 5.69 Å². The predicted octanol–water partition coefficient (Wildman–Crippen LogP) is 4.47. The molecule has 1 aromatic carbocycles. The van der Waals surface area contributed by atoms with Crippen LogP contribution < -0.4 is 5.32 Å². The highest BCUT2D eigenvalue weighted by molar-refractivity contribution is 5.54. The molecule has 3 rings (SSSR count). The zero-order chi connectivity index (χ0) is 15.1. The molecule has 2 atom stereocenters. The average Bonchev–Trinajstić information content (AvgIpc) is 2.34. The standard InChI is InChI=1S/C16H20F3NO/c1-2-21-14-10-13(15(14)8-5-9-15)20-12-7-4-3-6-11(12)16(17,18)19/h3-4,6-7,13-14,20H,2,5,8-10H2,1H3. The van der Waals surface area contributed by atoms with Gasteiger partial charge in [0.1, 0.15) is 0 Å². The lowest BCUT2D eigenvalue weighted by molar-refractivity contribution is -0.158. The highest BCUT2D eigenvalue weighted by Crippen LogP contribution is 2.58. The summed E-state index contributed by atoms with van der Waals surface area (Å²) in [7, 11) is 0. The molecular formula is C16H20F3NO. The second kappa shape index (κ2) is 5.20. The average molecular weight is 299 g/mol. The lowest BCUT2D eigenvalue weighted by Crippen LogP contribution is -2.64. The Bertz CT molecular complexity index is 510. The van der Waals surface area contributed by atoms with Gasteiger partial charge in [0.25, 0.3) is 0 Å². The van der Waals surface area contributed by atoms with E-state index < -0.39 is 11.7 Å². The molecule has 21 heavy (non-hydrogen) atoms. The van der Waals surface area contributed by atoms with Crippen molar-refractivity contribution in [2.45, 2.75) is 50.9 Å². The number of anilines is 1. The minimum absolute atomic E-state index is 0.0503. The van der Waals surface area contributed by atoms with Crippen molar-refractivity contribution in [3.63, 3.8) is 0 Å². The number of halogens is 3. The maximum absolute atomic E-state index is 13.0. The third-order valence-corrected chi connectivity index (χ3v) is 5.00. The van der Waals surface area contributed by atoms with Crippen LogP contribution in [0.2, 0.25) is 0 Å². The molecule has 2 unspecified atom stereocenters. The molecule has 0 radical (unpaired) electrons. The van der Waals surface area contributed by atoms with E-state index in [1.807, 2.05) is 6.92 Å². The summed E-state index contributed by atoms with van der Waals surface area (Å²) in [6.45, 7) is 2.63. The van der Waals surface area contributed by atoms with Gasteiger partial charge in [-0.2, -0.15) is 13.2 Å². The number of para-hydroxylation sites is 1. The number of ether oxygens (including phenoxy) is 1. The first-order valence-corrected chi connectivity index (χ1v) is 7.52. The molecule has 2 fully saturated rings. The maximum atomic E-state index is 13.0. The smallest absolute Gasteiger partial charge is 0.381 e. The minimum Gasteiger partial charge on any atom is -0.381 e. The Hall–Kier alpha value is -1.23. The normalized spacial score (nSPS) is 27.0. The van der Waals surface area contributed by atoms with Gasteiger partial charge in [-0.15, -0.1) is 0 Å². The van der Waals surface area contributed by atoms with E-state index in [0.717, 1.165) is 31.7 Å². The van der Waals surface area contributed by atoms with Gasteiger partial charge in [0.05, 0.1) is 11.7 Å². The van der Waals surface area contributed by atoms with Crippen LogP contribution in [0.4, 0.5) is 18.9 Å². The van der Waals surface area contributed by atoms with E-state index in [9.17, 15) is 13.2 Å². The number of nitrogens with one attached hydrogen (secondary N) is 1.